The van der Waals surface area contributed by atoms with Gasteiger partial charge >= 0.3 is 6.61 Å². The van der Waals surface area contributed by atoms with E-state index in [2.05, 4.69) is 19.9 Å². The van der Waals surface area contributed by atoms with Gasteiger partial charge in [-0.15, -0.1) is 10.2 Å². The zero-order valence-electron chi connectivity index (χ0n) is 11.2. The minimum absolute atomic E-state index is 0.147. The van der Waals surface area contributed by atoms with E-state index in [1.54, 1.807) is 24.4 Å². The predicted molar refractivity (Wildman–Crippen MR) is 76.7 cm³/mol. The molecule has 22 heavy (non-hydrogen) atoms. The lowest BCUT2D eigenvalue weighted by molar-refractivity contribution is -0.0503. The number of ether oxygens (including phenoxy) is 1. The zero-order chi connectivity index (χ0) is 15.4. The number of hydrogen-bond acceptors (Lipinski definition) is 5. The van der Waals surface area contributed by atoms with Crippen LogP contribution in [0.5, 0.6) is 5.75 Å². The summed E-state index contributed by atoms with van der Waals surface area (Å²) in [5.74, 6) is 0.911. The second-order valence-corrected chi connectivity index (χ2v) is 5.16. The van der Waals surface area contributed by atoms with Crippen LogP contribution >= 0.6 is 11.8 Å². The van der Waals surface area contributed by atoms with E-state index in [0.29, 0.717) is 22.4 Å². The van der Waals surface area contributed by atoms with Crippen LogP contribution in [-0.4, -0.2) is 21.8 Å². The minimum atomic E-state index is -2.85. The van der Waals surface area contributed by atoms with Gasteiger partial charge in [-0.2, -0.15) is 8.78 Å². The lowest BCUT2D eigenvalue weighted by atomic mass is 10.2. The first-order valence-corrected chi connectivity index (χ1v) is 7.34. The Kier molecular flexibility index (Phi) is 4.38. The van der Waals surface area contributed by atoms with Gasteiger partial charge in [0.2, 0.25) is 0 Å². The fourth-order valence-corrected chi connectivity index (χ4v) is 2.57. The van der Waals surface area contributed by atoms with Crippen LogP contribution in [0, 0.1) is 0 Å². The maximum atomic E-state index is 12.4. The van der Waals surface area contributed by atoms with Crippen LogP contribution in [0.3, 0.4) is 0 Å². The molecule has 2 aromatic heterocycles. The van der Waals surface area contributed by atoms with E-state index < -0.39 is 6.61 Å². The molecular formula is C14H11F2N3O2S. The average Bonchev–Trinajstić information content (AvgIpc) is 3.17. The SMILES string of the molecule is FC(F)Oc1ccccc1CSc1nnc(-c2ccc[nH]2)o1. The average molecular weight is 323 g/mol. The monoisotopic (exact) mass is 323 g/mol. The van der Waals surface area contributed by atoms with E-state index in [1.807, 2.05) is 12.1 Å². The number of thioether (sulfide) groups is 1. The number of alkyl halides is 2. The molecule has 0 radical (unpaired) electrons. The van der Waals surface area contributed by atoms with Crippen molar-refractivity contribution in [1.82, 2.24) is 15.2 Å². The number of para-hydroxylation sites is 1. The van der Waals surface area contributed by atoms with Gasteiger partial charge in [-0.25, -0.2) is 0 Å². The molecule has 0 aliphatic rings. The summed E-state index contributed by atoms with van der Waals surface area (Å²) in [6.45, 7) is -2.85. The summed E-state index contributed by atoms with van der Waals surface area (Å²) in [5.41, 5.74) is 1.35. The second kappa shape index (κ2) is 6.61. The first kappa shape index (κ1) is 14.6. The number of H-pyrrole nitrogens is 1. The topological polar surface area (TPSA) is 63.9 Å². The third-order valence-corrected chi connectivity index (χ3v) is 3.64. The molecule has 8 heteroatoms. The lowest BCUT2D eigenvalue weighted by Gasteiger charge is -2.08. The van der Waals surface area contributed by atoms with Crippen LogP contribution in [0.15, 0.2) is 52.2 Å². The molecule has 0 aliphatic heterocycles. The quantitative estimate of drug-likeness (QED) is 0.696. The molecular weight excluding hydrogens is 312 g/mol. The first-order valence-electron chi connectivity index (χ1n) is 6.35. The number of aromatic amines is 1. The summed E-state index contributed by atoms with van der Waals surface area (Å²) in [4.78, 5) is 2.96. The molecule has 114 valence electrons. The number of hydrogen-bond donors (Lipinski definition) is 1. The van der Waals surface area contributed by atoms with Crippen molar-refractivity contribution in [1.29, 1.82) is 0 Å². The number of halogens is 2. The Bertz CT molecular complexity index is 731. The fraction of sp³-hybridized carbons (Fsp3) is 0.143. The van der Waals surface area contributed by atoms with Crippen molar-refractivity contribution in [2.24, 2.45) is 0 Å². The van der Waals surface area contributed by atoms with E-state index in [-0.39, 0.29) is 5.75 Å². The van der Waals surface area contributed by atoms with E-state index in [4.69, 9.17) is 4.42 Å². The molecule has 0 fully saturated rings. The minimum Gasteiger partial charge on any atom is -0.435 e. The van der Waals surface area contributed by atoms with E-state index in [1.165, 1.54) is 17.8 Å². The van der Waals surface area contributed by atoms with Gasteiger partial charge in [0.25, 0.3) is 11.1 Å². The normalized spacial score (nSPS) is 11.0. The van der Waals surface area contributed by atoms with Crippen molar-refractivity contribution in [2.75, 3.05) is 0 Å². The molecule has 0 bridgehead atoms. The zero-order valence-corrected chi connectivity index (χ0v) is 12.0. The van der Waals surface area contributed by atoms with E-state index >= 15 is 0 Å². The molecule has 0 spiro atoms. The largest absolute Gasteiger partial charge is 0.435 e. The van der Waals surface area contributed by atoms with Crippen molar-refractivity contribution in [3.05, 3.63) is 48.2 Å². The summed E-state index contributed by atoms with van der Waals surface area (Å²) < 4.78 is 34.7. The van der Waals surface area contributed by atoms with Gasteiger partial charge in [0.1, 0.15) is 11.4 Å². The Morgan fingerprint density at radius 2 is 2.05 bits per heavy atom. The van der Waals surface area contributed by atoms with Crippen molar-refractivity contribution in [3.8, 4) is 17.3 Å². The highest BCUT2D eigenvalue weighted by atomic mass is 32.2. The molecule has 3 aromatic rings. The van der Waals surface area contributed by atoms with Crippen LogP contribution in [0.1, 0.15) is 5.56 Å². The maximum absolute atomic E-state index is 12.4. The Morgan fingerprint density at radius 3 is 2.82 bits per heavy atom. The third kappa shape index (κ3) is 3.45. The summed E-state index contributed by atoms with van der Waals surface area (Å²) in [6, 6.07) is 10.2. The molecule has 5 nitrogen and oxygen atoms in total. The van der Waals surface area contributed by atoms with Crippen LogP contribution in [0.4, 0.5) is 8.78 Å². The Labute approximate surface area is 128 Å². The highest BCUT2D eigenvalue weighted by Crippen LogP contribution is 2.29. The lowest BCUT2D eigenvalue weighted by Crippen LogP contribution is -2.03. The molecule has 1 aromatic carbocycles. The molecule has 3 rings (SSSR count). The van der Waals surface area contributed by atoms with Crippen LogP contribution in [-0.2, 0) is 5.75 Å². The smallest absolute Gasteiger partial charge is 0.387 e. The number of aromatic nitrogens is 3. The number of nitrogens with one attached hydrogen (secondary N) is 1. The second-order valence-electron chi connectivity index (χ2n) is 4.23. The Balaban J connectivity index is 1.68. The molecule has 0 saturated carbocycles. The van der Waals surface area contributed by atoms with Gasteiger partial charge in [0.05, 0.1) is 0 Å². The van der Waals surface area contributed by atoms with Crippen molar-refractivity contribution >= 4 is 11.8 Å². The van der Waals surface area contributed by atoms with Gasteiger partial charge in [-0.3, -0.25) is 0 Å². The van der Waals surface area contributed by atoms with Gasteiger partial charge < -0.3 is 14.1 Å². The van der Waals surface area contributed by atoms with E-state index in [9.17, 15) is 8.78 Å². The number of nitrogens with zero attached hydrogens (tertiary/aromatic N) is 2. The highest BCUT2D eigenvalue weighted by Gasteiger charge is 2.13. The van der Waals surface area contributed by atoms with Gasteiger partial charge in [-0.1, -0.05) is 30.0 Å². The van der Waals surface area contributed by atoms with Crippen molar-refractivity contribution < 1.29 is 17.9 Å². The molecule has 0 amide bonds. The first-order chi connectivity index (χ1) is 10.7. The van der Waals surface area contributed by atoms with Gasteiger partial charge in [0.15, 0.2) is 0 Å². The Morgan fingerprint density at radius 1 is 1.18 bits per heavy atom. The van der Waals surface area contributed by atoms with Crippen molar-refractivity contribution in [2.45, 2.75) is 17.6 Å². The van der Waals surface area contributed by atoms with Crippen LogP contribution < -0.4 is 4.74 Å². The summed E-state index contributed by atoms with van der Waals surface area (Å²) >= 11 is 1.25. The Hall–Kier alpha value is -2.35. The van der Waals surface area contributed by atoms with Crippen LogP contribution in [0.2, 0.25) is 0 Å². The molecule has 0 unspecified atom stereocenters. The molecule has 0 aliphatic carbocycles. The summed E-state index contributed by atoms with van der Waals surface area (Å²) in [7, 11) is 0. The van der Waals surface area contributed by atoms with Crippen molar-refractivity contribution in [3.63, 3.8) is 0 Å². The fourth-order valence-electron chi connectivity index (χ4n) is 1.81. The summed E-state index contributed by atoms with van der Waals surface area (Å²) in [6.07, 6.45) is 1.75. The number of benzene rings is 1. The molecule has 0 saturated heterocycles. The third-order valence-electron chi connectivity index (χ3n) is 2.77. The van der Waals surface area contributed by atoms with Gasteiger partial charge in [0, 0.05) is 17.5 Å². The van der Waals surface area contributed by atoms with Crippen LogP contribution in [0.25, 0.3) is 11.6 Å². The summed E-state index contributed by atoms with van der Waals surface area (Å²) in [5, 5.41) is 8.19. The molecule has 0 atom stereocenters. The highest BCUT2D eigenvalue weighted by molar-refractivity contribution is 7.98. The molecule has 1 N–H and O–H groups in total. The number of rotatable bonds is 6. The van der Waals surface area contributed by atoms with E-state index in [0.717, 1.165) is 5.69 Å². The maximum Gasteiger partial charge on any atom is 0.387 e. The molecule has 2 heterocycles. The van der Waals surface area contributed by atoms with Gasteiger partial charge in [-0.05, 0) is 18.2 Å². The predicted octanol–water partition coefficient (Wildman–Crippen LogP) is 3.96. The standard InChI is InChI=1S/C14H11F2N3O2S/c15-13(16)20-11-6-2-1-4-9(11)8-22-14-19-18-12(21-14)10-5-3-7-17-10/h1-7,13,17H,8H2.